The van der Waals surface area contributed by atoms with E-state index >= 15 is 0 Å². The number of carbonyl (C=O) groups is 1. The average molecular weight is 491 g/mol. The van der Waals surface area contributed by atoms with E-state index in [9.17, 15) is 4.79 Å². The predicted molar refractivity (Wildman–Crippen MR) is 141 cm³/mol. The van der Waals surface area contributed by atoms with E-state index in [4.69, 9.17) is 18.9 Å². The molecule has 3 aromatic rings. The van der Waals surface area contributed by atoms with Gasteiger partial charge in [-0.05, 0) is 68.4 Å². The van der Waals surface area contributed by atoms with Gasteiger partial charge in [0, 0.05) is 16.7 Å². The molecule has 9 nitrogen and oxygen atoms in total. The van der Waals surface area contributed by atoms with Gasteiger partial charge in [0.1, 0.15) is 0 Å². The molecule has 9 heteroatoms. The lowest BCUT2D eigenvalue weighted by Gasteiger charge is -2.10. The summed E-state index contributed by atoms with van der Waals surface area (Å²) < 4.78 is 21.2. The second kappa shape index (κ2) is 12.3. The van der Waals surface area contributed by atoms with Crippen LogP contribution in [0.3, 0.4) is 0 Å². The highest BCUT2D eigenvalue weighted by molar-refractivity contribution is 6.02. The van der Waals surface area contributed by atoms with Crippen molar-refractivity contribution in [2.24, 2.45) is 10.2 Å². The molecular weight excluding hydrogens is 460 g/mol. The summed E-state index contributed by atoms with van der Waals surface area (Å²) in [5, 5.41) is 8.66. The minimum Gasteiger partial charge on any atom is -0.493 e. The highest BCUT2D eigenvalue weighted by Crippen LogP contribution is 2.28. The topological polar surface area (TPSA) is 103 Å². The molecule has 0 aliphatic rings. The predicted octanol–water partition coefficient (Wildman–Crippen LogP) is 4.71. The SMILES string of the molecule is COc1ccc(/C(C)=N/NC(=O)c2cccc(N/N=C(\C)c3ccc(OC)c(OC)c3)c2)cc1OC. The molecule has 0 saturated carbocycles. The maximum absolute atomic E-state index is 12.7. The summed E-state index contributed by atoms with van der Waals surface area (Å²) in [6, 6.07) is 18.0. The van der Waals surface area contributed by atoms with Gasteiger partial charge in [0.05, 0.1) is 45.5 Å². The Morgan fingerprint density at radius 2 is 1.17 bits per heavy atom. The monoisotopic (exact) mass is 490 g/mol. The maximum Gasteiger partial charge on any atom is 0.271 e. The minimum absolute atomic E-state index is 0.348. The molecule has 36 heavy (non-hydrogen) atoms. The molecule has 3 aromatic carbocycles. The van der Waals surface area contributed by atoms with Crippen LogP contribution in [-0.4, -0.2) is 45.8 Å². The fourth-order valence-corrected chi connectivity index (χ4v) is 3.33. The van der Waals surface area contributed by atoms with Crippen LogP contribution in [-0.2, 0) is 0 Å². The molecule has 1 amide bonds. The molecule has 0 spiro atoms. The van der Waals surface area contributed by atoms with Crippen molar-refractivity contribution in [3.8, 4) is 23.0 Å². The zero-order valence-electron chi connectivity index (χ0n) is 21.2. The number of hydrogen-bond donors (Lipinski definition) is 2. The third-order valence-electron chi connectivity index (χ3n) is 5.41. The minimum atomic E-state index is -0.348. The van der Waals surface area contributed by atoms with Crippen molar-refractivity contribution in [1.29, 1.82) is 0 Å². The first kappa shape index (κ1) is 26.1. The molecule has 0 bridgehead atoms. The highest BCUT2D eigenvalue weighted by atomic mass is 16.5. The summed E-state index contributed by atoms with van der Waals surface area (Å²) in [7, 11) is 6.31. The number of methoxy groups -OCH3 is 4. The molecule has 0 unspecified atom stereocenters. The lowest BCUT2D eigenvalue weighted by atomic mass is 10.1. The standard InChI is InChI=1S/C27H30N4O5/c1-17(19-10-12-23(33-3)25(15-19)35-5)28-30-22-9-7-8-21(14-22)27(32)31-29-18(2)20-11-13-24(34-4)26(16-20)36-6/h7-16,30H,1-6H3,(H,31,32)/b28-17+,29-18+. The van der Waals surface area contributed by atoms with Crippen LogP contribution < -0.4 is 29.8 Å². The third-order valence-corrected chi connectivity index (χ3v) is 5.41. The Hall–Kier alpha value is -4.53. The number of nitrogens with one attached hydrogen (secondary N) is 2. The summed E-state index contributed by atoms with van der Waals surface area (Å²) in [6.45, 7) is 3.67. The summed E-state index contributed by atoms with van der Waals surface area (Å²) in [5.41, 5.74) is 9.69. The second-order valence-electron chi connectivity index (χ2n) is 7.67. The molecule has 0 fully saturated rings. The Morgan fingerprint density at radius 1 is 0.639 bits per heavy atom. The fourth-order valence-electron chi connectivity index (χ4n) is 3.33. The van der Waals surface area contributed by atoms with Crippen molar-refractivity contribution < 1.29 is 23.7 Å². The Balaban J connectivity index is 1.69. The lowest BCUT2D eigenvalue weighted by molar-refractivity contribution is 0.0955. The van der Waals surface area contributed by atoms with Crippen LogP contribution in [0.15, 0.2) is 70.9 Å². The molecule has 188 valence electrons. The summed E-state index contributed by atoms with van der Waals surface area (Å²) in [4.78, 5) is 12.7. The number of amides is 1. The number of hydrazone groups is 2. The molecule has 0 saturated heterocycles. The first-order chi connectivity index (χ1) is 17.4. The van der Waals surface area contributed by atoms with Crippen LogP contribution in [0.5, 0.6) is 23.0 Å². The Morgan fingerprint density at radius 3 is 1.69 bits per heavy atom. The smallest absolute Gasteiger partial charge is 0.271 e. The van der Waals surface area contributed by atoms with Gasteiger partial charge >= 0.3 is 0 Å². The first-order valence-electron chi connectivity index (χ1n) is 11.1. The number of hydrogen-bond acceptors (Lipinski definition) is 8. The molecule has 0 aliphatic heterocycles. The van der Waals surface area contributed by atoms with Crippen molar-refractivity contribution in [3.05, 3.63) is 77.4 Å². The van der Waals surface area contributed by atoms with Crippen LogP contribution in [0.1, 0.15) is 35.3 Å². The van der Waals surface area contributed by atoms with Crippen LogP contribution in [0.4, 0.5) is 5.69 Å². The van der Waals surface area contributed by atoms with Gasteiger partial charge in [0.2, 0.25) is 0 Å². The Labute approximate surface area is 210 Å². The first-order valence-corrected chi connectivity index (χ1v) is 11.1. The van der Waals surface area contributed by atoms with Crippen LogP contribution in [0, 0.1) is 0 Å². The zero-order valence-corrected chi connectivity index (χ0v) is 21.2. The normalized spacial score (nSPS) is 11.5. The van der Waals surface area contributed by atoms with E-state index in [0.717, 1.165) is 16.8 Å². The van der Waals surface area contributed by atoms with Gasteiger partial charge in [-0.2, -0.15) is 10.2 Å². The van der Waals surface area contributed by atoms with E-state index in [0.29, 0.717) is 40.0 Å². The van der Waals surface area contributed by atoms with Crippen LogP contribution in [0.2, 0.25) is 0 Å². The van der Waals surface area contributed by atoms with E-state index in [1.54, 1.807) is 65.7 Å². The summed E-state index contributed by atoms with van der Waals surface area (Å²) >= 11 is 0. The Kier molecular flexibility index (Phi) is 8.88. The summed E-state index contributed by atoms with van der Waals surface area (Å²) in [5.74, 6) is 2.11. The molecule has 0 aliphatic carbocycles. The summed E-state index contributed by atoms with van der Waals surface area (Å²) in [6.07, 6.45) is 0. The van der Waals surface area contributed by atoms with E-state index in [2.05, 4.69) is 21.1 Å². The quantitative estimate of drug-likeness (QED) is 0.315. The number of nitrogens with zero attached hydrogens (tertiary/aromatic N) is 2. The van der Waals surface area contributed by atoms with Gasteiger partial charge in [-0.3, -0.25) is 10.2 Å². The van der Waals surface area contributed by atoms with Crippen LogP contribution in [0.25, 0.3) is 0 Å². The second-order valence-corrected chi connectivity index (χ2v) is 7.67. The average Bonchev–Trinajstić information content (AvgIpc) is 2.93. The molecule has 2 N–H and O–H groups in total. The highest BCUT2D eigenvalue weighted by Gasteiger charge is 2.10. The molecule has 0 heterocycles. The number of rotatable bonds is 10. The van der Waals surface area contributed by atoms with Crippen molar-refractivity contribution in [3.63, 3.8) is 0 Å². The van der Waals surface area contributed by atoms with E-state index in [1.807, 2.05) is 37.3 Å². The van der Waals surface area contributed by atoms with Gasteiger partial charge in [0.15, 0.2) is 23.0 Å². The largest absolute Gasteiger partial charge is 0.493 e. The molecule has 0 aromatic heterocycles. The van der Waals surface area contributed by atoms with Gasteiger partial charge in [-0.25, -0.2) is 5.43 Å². The molecular formula is C27H30N4O5. The molecule has 3 rings (SSSR count). The van der Waals surface area contributed by atoms with E-state index in [-0.39, 0.29) is 5.91 Å². The van der Waals surface area contributed by atoms with Crippen molar-refractivity contribution in [2.75, 3.05) is 33.9 Å². The van der Waals surface area contributed by atoms with E-state index < -0.39 is 0 Å². The Bertz CT molecular complexity index is 1290. The van der Waals surface area contributed by atoms with Gasteiger partial charge in [-0.1, -0.05) is 6.07 Å². The van der Waals surface area contributed by atoms with Crippen LogP contribution >= 0.6 is 0 Å². The maximum atomic E-state index is 12.7. The molecule has 0 radical (unpaired) electrons. The third kappa shape index (κ3) is 6.32. The number of benzene rings is 3. The van der Waals surface area contributed by atoms with Gasteiger partial charge < -0.3 is 18.9 Å². The lowest BCUT2D eigenvalue weighted by Crippen LogP contribution is -2.19. The van der Waals surface area contributed by atoms with Gasteiger partial charge in [0.25, 0.3) is 5.91 Å². The number of anilines is 1. The van der Waals surface area contributed by atoms with Crippen molar-refractivity contribution >= 4 is 23.0 Å². The van der Waals surface area contributed by atoms with E-state index in [1.165, 1.54) is 0 Å². The number of carbonyl (C=O) groups excluding carboxylic acids is 1. The van der Waals surface area contributed by atoms with Crippen molar-refractivity contribution in [1.82, 2.24) is 5.43 Å². The number of ether oxygens (including phenoxy) is 4. The van der Waals surface area contributed by atoms with Crippen molar-refractivity contribution in [2.45, 2.75) is 13.8 Å². The van der Waals surface area contributed by atoms with Gasteiger partial charge in [-0.15, -0.1) is 0 Å². The fraction of sp³-hybridized carbons (Fsp3) is 0.222. The zero-order chi connectivity index (χ0) is 26.1. The molecule has 0 atom stereocenters.